The van der Waals surface area contributed by atoms with Crippen LogP contribution in [0.2, 0.25) is 5.02 Å². The van der Waals surface area contributed by atoms with Gasteiger partial charge < -0.3 is 15.4 Å². The molecule has 0 bridgehead atoms. The van der Waals surface area contributed by atoms with Gasteiger partial charge in [0.1, 0.15) is 6.61 Å². The first kappa shape index (κ1) is 12.2. The van der Waals surface area contributed by atoms with E-state index in [1.807, 2.05) is 12.1 Å². The zero-order chi connectivity index (χ0) is 12.1. The van der Waals surface area contributed by atoms with Crippen molar-refractivity contribution in [2.75, 3.05) is 13.1 Å². The molecule has 0 radical (unpaired) electrons. The van der Waals surface area contributed by atoms with Crippen LogP contribution in [0.25, 0.3) is 0 Å². The maximum atomic E-state index is 11.5. The molecular formula is C12H15ClN2O2. The highest BCUT2D eigenvalue weighted by Crippen LogP contribution is 2.10. The minimum atomic E-state index is -0.367. The van der Waals surface area contributed by atoms with Crippen LogP contribution in [0.1, 0.15) is 12.0 Å². The van der Waals surface area contributed by atoms with Crippen LogP contribution in [0.5, 0.6) is 0 Å². The van der Waals surface area contributed by atoms with Crippen LogP contribution in [0.15, 0.2) is 24.3 Å². The Morgan fingerprint density at radius 1 is 1.47 bits per heavy atom. The van der Waals surface area contributed by atoms with E-state index in [9.17, 15) is 4.79 Å². The highest BCUT2D eigenvalue weighted by Gasteiger charge is 2.16. The van der Waals surface area contributed by atoms with Crippen molar-refractivity contribution < 1.29 is 9.53 Å². The number of benzene rings is 1. The van der Waals surface area contributed by atoms with Crippen molar-refractivity contribution in [2.24, 2.45) is 0 Å². The molecule has 5 heteroatoms. The van der Waals surface area contributed by atoms with Gasteiger partial charge in [-0.1, -0.05) is 23.7 Å². The lowest BCUT2D eigenvalue weighted by atomic mass is 10.2. The first-order valence-electron chi connectivity index (χ1n) is 5.62. The molecule has 17 heavy (non-hydrogen) atoms. The van der Waals surface area contributed by atoms with Gasteiger partial charge in [0.2, 0.25) is 0 Å². The van der Waals surface area contributed by atoms with Crippen LogP contribution in [-0.4, -0.2) is 25.2 Å². The standard InChI is InChI=1S/C12H15ClN2O2/c13-10-3-1-9(2-4-10)8-17-12(16)15-11-5-6-14-7-11/h1-4,11,14H,5-8H2,(H,15,16). The number of nitrogens with one attached hydrogen (secondary N) is 2. The summed E-state index contributed by atoms with van der Waals surface area (Å²) in [5.41, 5.74) is 0.925. The minimum Gasteiger partial charge on any atom is -0.445 e. The summed E-state index contributed by atoms with van der Waals surface area (Å²) in [4.78, 5) is 11.5. The van der Waals surface area contributed by atoms with E-state index in [0.717, 1.165) is 25.1 Å². The number of amides is 1. The van der Waals surface area contributed by atoms with Crippen LogP contribution < -0.4 is 10.6 Å². The highest BCUT2D eigenvalue weighted by molar-refractivity contribution is 6.30. The van der Waals surface area contributed by atoms with Crippen molar-refractivity contribution in [1.82, 2.24) is 10.6 Å². The molecule has 1 aromatic rings. The second-order valence-corrected chi connectivity index (χ2v) is 4.47. The van der Waals surface area contributed by atoms with Gasteiger partial charge in [-0.2, -0.15) is 0 Å². The number of hydrogen-bond acceptors (Lipinski definition) is 3. The summed E-state index contributed by atoms with van der Waals surface area (Å²) in [5, 5.41) is 6.66. The van der Waals surface area contributed by atoms with Crippen LogP contribution in [-0.2, 0) is 11.3 Å². The third-order valence-corrected chi connectivity index (χ3v) is 2.92. The Morgan fingerprint density at radius 3 is 2.88 bits per heavy atom. The molecule has 1 aromatic carbocycles. The molecule has 1 heterocycles. The fraction of sp³-hybridized carbons (Fsp3) is 0.417. The third-order valence-electron chi connectivity index (χ3n) is 2.67. The van der Waals surface area contributed by atoms with E-state index in [4.69, 9.17) is 16.3 Å². The molecule has 1 aliphatic heterocycles. The van der Waals surface area contributed by atoms with E-state index in [2.05, 4.69) is 10.6 Å². The third kappa shape index (κ3) is 3.91. The predicted molar refractivity (Wildman–Crippen MR) is 66.0 cm³/mol. The lowest BCUT2D eigenvalue weighted by Gasteiger charge is -2.11. The van der Waals surface area contributed by atoms with Gasteiger partial charge >= 0.3 is 6.09 Å². The molecule has 4 nitrogen and oxygen atoms in total. The number of carbonyl (C=O) groups excluding carboxylic acids is 1. The largest absolute Gasteiger partial charge is 0.445 e. The lowest BCUT2D eigenvalue weighted by molar-refractivity contribution is 0.136. The lowest BCUT2D eigenvalue weighted by Crippen LogP contribution is -2.36. The van der Waals surface area contributed by atoms with Crippen molar-refractivity contribution in [3.63, 3.8) is 0 Å². The quantitative estimate of drug-likeness (QED) is 0.867. The van der Waals surface area contributed by atoms with Crippen molar-refractivity contribution in [1.29, 1.82) is 0 Å². The van der Waals surface area contributed by atoms with Gasteiger partial charge in [0.25, 0.3) is 0 Å². The number of ether oxygens (including phenoxy) is 1. The molecular weight excluding hydrogens is 240 g/mol. The van der Waals surface area contributed by atoms with E-state index >= 15 is 0 Å². The number of halogens is 1. The molecule has 2 N–H and O–H groups in total. The van der Waals surface area contributed by atoms with E-state index in [1.165, 1.54) is 0 Å². The molecule has 1 unspecified atom stereocenters. The number of hydrogen-bond donors (Lipinski definition) is 2. The number of rotatable bonds is 3. The van der Waals surface area contributed by atoms with Gasteiger partial charge in [-0.3, -0.25) is 0 Å². The number of alkyl carbamates (subject to hydrolysis) is 1. The smallest absolute Gasteiger partial charge is 0.407 e. The maximum absolute atomic E-state index is 11.5. The maximum Gasteiger partial charge on any atom is 0.407 e. The molecule has 2 rings (SSSR count). The zero-order valence-corrected chi connectivity index (χ0v) is 10.2. The molecule has 0 aromatic heterocycles. The number of carbonyl (C=O) groups is 1. The second-order valence-electron chi connectivity index (χ2n) is 4.04. The summed E-state index contributed by atoms with van der Waals surface area (Å²) >= 11 is 5.76. The van der Waals surface area contributed by atoms with Crippen molar-refractivity contribution >= 4 is 17.7 Å². The van der Waals surface area contributed by atoms with E-state index in [-0.39, 0.29) is 18.7 Å². The van der Waals surface area contributed by atoms with Gasteiger partial charge in [0, 0.05) is 17.6 Å². The van der Waals surface area contributed by atoms with E-state index in [0.29, 0.717) is 5.02 Å². The highest BCUT2D eigenvalue weighted by atomic mass is 35.5. The summed E-state index contributed by atoms with van der Waals surface area (Å²) in [6, 6.07) is 7.42. The van der Waals surface area contributed by atoms with Crippen LogP contribution in [0.3, 0.4) is 0 Å². The Balaban J connectivity index is 1.73. The Kier molecular flexibility index (Phi) is 4.23. The molecule has 0 aliphatic carbocycles. The molecule has 0 spiro atoms. The molecule has 1 amide bonds. The first-order chi connectivity index (χ1) is 8.24. The average Bonchev–Trinajstić information content (AvgIpc) is 2.81. The van der Waals surface area contributed by atoms with Crippen LogP contribution in [0.4, 0.5) is 4.79 Å². The summed E-state index contributed by atoms with van der Waals surface area (Å²) < 4.78 is 5.11. The van der Waals surface area contributed by atoms with Gasteiger partial charge in [0.15, 0.2) is 0 Å². The van der Waals surface area contributed by atoms with Gasteiger partial charge in [-0.05, 0) is 30.7 Å². The molecule has 1 aliphatic rings. The molecule has 92 valence electrons. The monoisotopic (exact) mass is 254 g/mol. The molecule has 1 saturated heterocycles. The van der Waals surface area contributed by atoms with Gasteiger partial charge in [-0.25, -0.2) is 4.79 Å². The second kappa shape index (κ2) is 5.89. The fourth-order valence-corrected chi connectivity index (χ4v) is 1.84. The topological polar surface area (TPSA) is 50.4 Å². The Hall–Kier alpha value is -1.26. The average molecular weight is 255 g/mol. The Labute approximate surface area is 105 Å². The summed E-state index contributed by atoms with van der Waals surface area (Å²) in [6.45, 7) is 2.03. The van der Waals surface area contributed by atoms with Gasteiger partial charge in [-0.15, -0.1) is 0 Å². The van der Waals surface area contributed by atoms with Crippen molar-refractivity contribution in [3.05, 3.63) is 34.9 Å². The minimum absolute atomic E-state index is 0.188. The first-order valence-corrected chi connectivity index (χ1v) is 6.00. The molecule has 0 saturated carbocycles. The van der Waals surface area contributed by atoms with Crippen molar-refractivity contribution in [2.45, 2.75) is 19.1 Å². The van der Waals surface area contributed by atoms with Crippen LogP contribution >= 0.6 is 11.6 Å². The molecule has 1 atom stereocenters. The fourth-order valence-electron chi connectivity index (χ4n) is 1.72. The Bertz CT molecular complexity index is 375. The SMILES string of the molecule is O=C(NC1CCNC1)OCc1ccc(Cl)cc1. The normalized spacial score (nSPS) is 19.0. The zero-order valence-electron chi connectivity index (χ0n) is 9.41. The van der Waals surface area contributed by atoms with Crippen molar-refractivity contribution in [3.8, 4) is 0 Å². The summed E-state index contributed by atoms with van der Waals surface area (Å²) in [6.07, 6.45) is 0.587. The summed E-state index contributed by atoms with van der Waals surface area (Å²) in [7, 11) is 0. The Morgan fingerprint density at radius 2 is 2.24 bits per heavy atom. The van der Waals surface area contributed by atoms with Gasteiger partial charge in [0.05, 0.1) is 0 Å². The van der Waals surface area contributed by atoms with E-state index < -0.39 is 0 Å². The predicted octanol–water partition coefficient (Wildman–Crippen LogP) is 1.93. The van der Waals surface area contributed by atoms with Crippen LogP contribution in [0, 0.1) is 0 Å². The molecule has 1 fully saturated rings. The van der Waals surface area contributed by atoms with E-state index in [1.54, 1.807) is 12.1 Å². The summed E-state index contributed by atoms with van der Waals surface area (Å²) in [5.74, 6) is 0.